The molecule has 0 spiro atoms. The Labute approximate surface area is 139 Å². The number of aromatic nitrogens is 1. The van der Waals surface area contributed by atoms with Crippen LogP contribution in [0, 0.1) is 11.3 Å². The van der Waals surface area contributed by atoms with Gasteiger partial charge < -0.3 is 10.6 Å². The van der Waals surface area contributed by atoms with Gasteiger partial charge in [0.1, 0.15) is 17.5 Å². The zero-order valence-electron chi connectivity index (χ0n) is 12.6. The van der Waals surface area contributed by atoms with Gasteiger partial charge in [-0.25, -0.2) is 4.98 Å². The lowest BCUT2D eigenvalue weighted by Crippen LogP contribution is -2.35. The van der Waals surface area contributed by atoms with Crippen molar-refractivity contribution >= 4 is 23.3 Å². The number of benzene rings is 1. The van der Waals surface area contributed by atoms with E-state index in [1.165, 1.54) is 6.92 Å². The van der Waals surface area contributed by atoms with E-state index in [2.05, 4.69) is 11.1 Å². The van der Waals surface area contributed by atoms with Crippen LogP contribution in [0.2, 0.25) is 5.02 Å². The molecule has 0 aliphatic carbocycles. The fourth-order valence-corrected chi connectivity index (χ4v) is 3.15. The van der Waals surface area contributed by atoms with E-state index in [0.29, 0.717) is 35.7 Å². The normalized spacial score (nSPS) is 13.3. The number of carbonyl (C=O) groups excluding carboxylic acids is 1. The zero-order chi connectivity index (χ0) is 16.6. The number of fused-ring (bicyclic) bond motifs is 1. The first-order valence-electron chi connectivity index (χ1n) is 7.24. The molecule has 0 radical (unpaired) electrons. The number of nitriles is 1. The third-order valence-corrected chi connectivity index (χ3v) is 4.41. The molecule has 6 heteroatoms. The molecular formula is C17H15ClN4O. The second-order valence-electron chi connectivity index (χ2n) is 5.45. The van der Waals surface area contributed by atoms with Gasteiger partial charge in [-0.1, -0.05) is 29.8 Å². The Morgan fingerprint density at radius 1 is 1.43 bits per heavy atom. The van der Waals surface area contributed by atoms with Crippen LogP contribution in [0.5, 0.6) is 0 Å². The molecule has 0 saturated heterocycles. The first-order chi connectivity index (χ1) is 11.0. The lowest BCUT2D eigenvalue weighted by Gasteiger charge is -2.30. The molecule has 3 rings (SSSR count). The van der Waals surface area contributed by atoms with Crippen molar-refractivity contribution in [3.63, 3.8) is 0 Å². The molecule has 23 heavy (non-hydrogen) atoms. The Bertz CT molecular complexity index is 841. The van der Waals surface area contributed by atoms with Crippen molar-refractivity contribution in [2.75, 3.05) is 12.3 Å². The molecule has 0 saturated carbocycles. The third-order valence-electron chi connectivity index (χ3n) is 4.08. The standard InChI is InChI=1S/C17H15ClN4O/c1-10(23)22-7-6-15-13(9-22)16(12(8-19)17(20)21-15)11-4-2-3-5-14(11)18/h2-5H,6-7,9H2,1H3,(H2,20,21). The number of rotatable bonds is 1. The van der Waals surface area contributed by atoms with Gasteiger partial charge >= 0.3 is 0 Å². The second-order valence-corrected chi connectivity index (χ2v) is 5.86. The maximum atomic E-state index is 11.7. The number of hydrogen-bond donors (Lipinski definition) is 1. The molecule has 2 N–H and O–H groups in total. The van der Waals surface area contributed by atoms with E-state index in [0.717, 1.165) is 16.8 Å². The number of carbonyl (C=O) groups is 1. The van der Waals surface area contributed by atoms with Crippen LogP contribution in [0.25, 0.3) is 11.1 Å². The van der Waals surface area contributed by atoms with E-state index < -0.39 is 0 Å². The van der Waals surface area contributed by atoms with Gasteiger partial charge in [-0.15, -0.1) is 0 Å². The van der Waals surface area contributed by atoms with E-state index in [4.69, 9.17) is 17.3 Å². The topological polar surface area (TPSA) is 83.0 Å². The van der Waals surface area contributed by atoms with Crippen LogP contribution in [0.1, 0.15) is 23.7 Å². The van der Waals surface area contributed by atoms with Gasteiger partial charge in [0.2, 0.25) is 5.91 Å². The Balaban J connectivity index is 2.29. The molecule has 1 amide bonds. The predicted octanol–water partition coefficient (Wildman–Crippen LogP) is 2.76. The van der Waals surface area contributed by atoms with E-state index in [9.17, 15) is 10.1 Å². The average molecular weight is 327 g/mol. The van der Waals surface area contributed by atoms with Gasteiger partial charge in [-0.3, -0.25) is 4.79 Å². The number of halogens is 1. The quantitative estimate of drug-likeness (QED) is 0.873. The summed E-state index contributed by atoms with van der Waals surface area (Å²) in [5.41, 5.74) is 9.39. The van der Waals surface area contributed by atoms with E-state index >= 15 is 0 Å². The molecule has 2 aromatic rings. The van der Waals surface area contributed by atoms with Crippen molar-refractivity contribution in [3.05, 3.63) is 46.1 Å². The molecule has 1 aliphatic heterocycles. The molecular weight excluding hydrogens is 312 g/mol. The lowest BCUT2D eigenvalue weighted by atomic mass is 9.91. The summed E-state index contributed by atoms with van der Waals surface area (Å²) in [6.07, 6.45) is 0.613. The van der Waals surface area contributed by atoms with Gasteiger partial charge in [0.05, 0.1) is 5.69 Å². The third kappa shape index (κ3) is 2.62. The van der Waals surface area contributed by atoms with Crippen LogP contribution in [-0.2, 0) is 17.8 Å². The SMILES string of the molecule is CC(=O)N1CCc2nc(N)c(C#N)c(-c3ccccc3Cl)c2C1. The molecule has 0 bridgehead atoms. The minimum absolute atomic E-state index is 0.00362. The molecule has 1 aromatic heterocycles. The van der Waals surface area contributed by atoms with Crippen LogP contribution < -0.4 is 5.73 Å². The van der Waals surface area contributed by atoms with Crippen LogP contribution in [-0.4, -0.2) is 22.3 Å². The van der Waals surface area contributed by atoms with Crippen molar-refractivity contribution in [1.29, 1.82) is 5.26 Å². The van der Waals surface area contributed by atoms with Gasteiger partial charge in [0.15, 0.2) is 0 Å². The van der Waals surface area contributed by atoms with E-state index in [1.54, 1.807) is 11.0 Å². The molecule has 1 aromatic carbocycles. The maximum absolute atomic E-state index is 11.7. The summed E-state index contributed by atoms with van der Waals surface area (Å²) in [5, 5.41) is 10.1. The van der Waals surface area contributed by atoms with Gasteiger partial charge in [-0.2, -0.15) is 5.26 Å². The Morgan fingerprint density at radius 2 is 2.17 bits per heavy atom. The first-order valence-corrected chi connectivity index (χ1v) is 7.62. The number of nitrogens with two attached hydrogens (primary N) is 1. The van der Waals surface area contributed by atoms with Crippen molar-refractivity contribution in [1.82, 2.24) is 9.88 Å². The highest BCUT2D eigenvalue weighted by molar-refractivity contribution is 6.33. The monoisotopic (exact) mass is 326 g/mol. The van der Waals surface area contributed by atoms with E-state index in [1.807, 2.05) is 18.2 Å². The van der Waals surface area contributed by atoms with Crippen LogP contribution in [0.4, 0.5) is 5.82 Å². The van der Waals surface area contributed by atoms with Crippen molar-refractivity contribution in [2.45, 2.75) is 19.9 Å². The Morgan fingerprint density at radius 3 is 2.83 bits per heavy atom. The number of anilines is 1. The summed E-state index contributed by atoms with van der Waals surface area (Å²) in [6.45, 7) is 2.55. The van der Waals surface area contributed by atoms with Crippen LogP contribution in [0.15, 0.2) is 24.3 Å². The van der Waals surface area contributed by atoms with Crippen molar-refractivity contribution in [3.8, 4) is 17.2 Å². The maximum Gasteiger partial charge on any atom is 0.219 e. The fourth-order valence-electron chi connectivity index (χ4n) is 2.92. The Kier molecular flexibility index (Phi) is 3.93. The second kappa shape index (κ2) is 5.90. The molecule has 116 valence electrons. The number of hydrogen-bond acceptors (Lipinski definition) is 4. The smallest absolute Gasteiger partial charge is 0.219 e. The highest BCUT2D eigenvalue weighted by atomic mass is 35.5. The summed E-state index contributed by atoms with van der Waals surface area (Å²) in [4.78, 5) is 17.8. The number of nitrogen functional groups attached to an aromatic ring is 1. The van der Waals surface area contributed by atoms with Crippen LogP contribution in [0.3, 0.4) is 0 Å². The molecule has 2 heterocycles. The number of nitrogens with zero attached hydrogens (tertiary/aromatic N) is 3. The minimum Gasteiger partial charge on any atom is -0.383 e. The summed E-state index contributed by atoms with van der Waals surface area (Å²) in [7, 11) is 0. The van der Waals surface area contributed by atoms with Gasteiger partial charge in [0, 0.05) is 48.1 Å². The van der Waals surface area contributed by atoms with Gasteiger partial charge in [0.25, 0.3) is 0 Å². The summed E-state index contributed by atoms with van der Waals surface area (Å²) in [6, 6.07) is 9.44. The van der Waals surface area contributed by atoms with E-state index in [-0.39, 0.29) is 11.7 Å². The molecule has 0 fully saturated rings. The van der Waals surface area contributed by atoms with Crippen LogP contribution >= 0.6 is 11.6 Å². The minimum atomic E-state index is -0.00362. The highest BCUT2D eigenvalue weighted by Crippen LogP contribution is 2.38. The van der Waals surface area contributed by atoms with Crippen molar-refractivity contribution < 1.29 is 4.79 Å². The molecule has 0 unspecified atom stereocenters. The largest absolute Gasteiger partial charge is 0.383 e. The highest BCUT2D eigenvalue weighted by Gasteiger charge is 2.27. The summed E-state index contributed by atoms with van der Waals surface area (Å²) < 4.78 is 0. The number of pyridine rings is 1. The zero-order valence-corrected chi connectivity index (χ0v) is 13.4. The first kappa shape index (κ1) is 15.3. The summed E-state index contributed by atoms with van der Waals surface area (Å²) >= 11 is 6.33. The molecule has 5 nitrogen and oxygen atoms in total. The molecule has 1 aliphatic rings. The lowest BCUT2D eigenvalue weighted by molar-refractivity contribution is -0.129. The average Bonchev–Trinajstić information content (AvgIpc) is 2.53. The van der Waals surface area contributed by atoms with Gasteiger partial charge in [-0.05, 0) is 6.07 Å². The fraction of sp³-hybridized carbons (Fsp3) is 0.235. The summed E-state index contributed by atoms with van der Waals surface area (Å²) in [5.74, 6) is 0.202. The molecule has 0 atom stereocenters. The number of amides is 1. The Hall–Kier alpha value is -2.58. The van der Waals surface area contributed by atoms with Crippen molar-refractivity contribution in [2.24, 2.45) is 0 Å². The predicted molar refractivity (Wildman–Crippen MR) is 88.6 cm³/mol.